The number of carbonyl (C=O) groups excluding carboxylic acids is 1. The first kappa shape index (κ1) is 24.1. The summed E-state index contributed by atoms with van der Waals surface area (Å²) in [6.07, 6.45) is -0.191. The van der Waals surface area contributed by atoms with Gasteiger partial charge in [0, 0.05) is 5.54 Å². The van der Waals surface area contributed by atoms with Gasteiger partial charge in [0.05, 0.1) is 17.1 Å². The standard InChI is InChI=1S/C25H34N2O4S/c1-17-8-11-19(12-9-17)32(29,30)27-15-22(31-21-14-18(2)10-13-20(21)27)23(28)26-25(6,7)16-24(3,4)5/h8-14,22H,15-16H2,1-7H3,(H,26,28)/t22-/m0/s1. The number of nitrogens with one attached hydrogen (secondary N) is 1. The van der Waals surface area contributed by atoms with Gasteiger partial charge in [-0.1, -0.05) is 44.5 Å². The third-order valence-corrected chi connectivity index (χ3v) is 7.11. The molecule has 0 radical (unpaired) electrons. The van der Waals surface area contributed by atoms with Gasteiger partial charge in [0.25, 0.3) is 15.9 Å². The van der Waals surface area contributed by atoms with Crippen LogP contribution in [0.25, 0.3) is 0 Å². The molecule has 32 heavy (non-hydrogen) atoms. The summed E-state index contributed by atoms with van der Waals surface area (Å²) >= 11 is 0. The van der Waals surface area contributed by atoms with Crippen LogP contribution in [0.1, 0.15) is 52.2 Å². The highest BCUT2D eigenvalue weighted by Gasteiger charge is 2.39. The van der Waals surface area contributed by atoms with E-state index in [4.69, 9.17) is 4.74 Å². The number of nitrogens with zero attached hydrogens (tertiary/aromatic N) is 1. The summed E-state index contributed by atoms with van der Waals surface area (Å²) in [4.78, 5) is 13.4. The van der Waals surface area contributed by atoms with E-state index in [-0.39, 0.29) is 22.8 Å². The van der Waals surface area contributed by atoms with Crippen molar-refractivity contribution in [3.05, 3.63) is 53.6 Å². The van der Waals surface area contributed by atoms with Crippen LogP contribution in [0, 0.1) is 19.3 Å². The first-order chi connectivity index (χ1) is 14.7. The highest BCUT2D eigenvalue weighted by molar-refractivity contribution is 7.92. The topological polar surface area (TPSA) is 75.7 Å². The van der Waals surface area contributed by atoms with E-state index < -0.39 is 21.7 Å². The maximum Gasteiger partial charge on any atom is 0.264 e. The smallest absolute Gasteiger partial charge is 0.264 e. The van der Waals surface area contributed by atoms with Crippen LogP contribution in [0.2, 0.25) is 0 Å². The fourth-order valence-corrected chi connectivity index (χ4v) is 5.82. The Balaban J connectivity index is 1.95. The molecule has 1 atom stereocenters. The summed E-state index contributed by atoms with van der Waals surface area (Å²) in [6.45, 7) is 14.0. The Hall–Kier alpha value is -2.54. The van der Waals surface area contributed by atoms with E-state index in [9.17, 15) is 13.2 Å². The molecule has 174 valence electrons. The molecule has 0 saturated heterocycles. The van der Waals surface area contributed by atoms with Crippen LogP contribution in [0.4, 0.5) is 5.69 Å². The lowest BCUT2D eigenvalue weighted by Gasteiger charge is -2.38. The van der Waals surface area contributed by atoms with Gasteiger partial charge in [-0.05, 0) is 69.4 Å². The van der Waals surface area contributed by atoms with Crippen LogP contribution in [-0.4, -0.2) is 32.5 Å². The van der Waals surface area contributed by atoms with Crippen LogP contribution < -0.4 is 14.4 Å². The maximum absolute atomic E-state index is 13.5. The number of ether oxygens (including phenoxy) is 1. The first-order valence-corrected chi connectivity index (χ1v) is 12.3. The summed E-state index contributed by atoms with van der Waals surface area (Å²) in [5, 5.41) is 3.06. The minimum Gasteiger partial charge on any atom is -0.476 e. The number of hydrogen-bond donors (Lipinski definition) is 1. The van der Waals surface area contributed by atoms with Gasteiger partial charge in [-0.2, -0.15) is 0 Å². The summed E-state index contributed by atoms with van der Waals surface area (Å²) in [7, 11) is -3.87. The van der Waals surface area contributed by atoms with Crippen molar-refractivity contribution < 1.29 is 17.9 Å². The van der Waals surface area contributed by atoms with Crippen molar-refractivity contribution >= 4 is 21.6 Å². The van der Waals surface area contributed by atoms with Gasteiger partial charge in [0.2, 0.25) is 0 Å². The number of rotatable bonds is 5. The largest absolute Gasteiger partial charge is 0.476 e. The molecule has 2 aromatic rings. The van der Waals surface area contributed by atoms with Gasteiger partial charge in [-0.15, -0.1) is 0 Å². The summed E-state index contributed by atoms with van der Waals surface area (Å²) in [5.41, 5.74) is 1.89. The first-order valence-electron chi connectivity index (χ1n) is 10.9. The molecule has 1 aliphatic rings. The molecule has 1 N–H and O–H groups in total. The van der Waals surface area contributed by atoms with E-state index in [0.717, 1.165) is 17.5 Å². The van der Waals surface area contributed by atoms with Crippen LogP contribution in [0.15, 0.2) is 47.4 Å². The van der Waals surface area contributed by atoms with Crippen molar-refractivity contribution in [2.45, 2.75) is 71.4 Å². The second-order valence-electron chi connectivity index (χ2n) is 10.5. The molecule has 0 spiro atoms. The Morgan fingerprint density at radius 3 is 2.22 bits per heavy atom. The van der Waals surface area contributed by atoms with Crippen molar-refractivity contribution in [3.8, 4) is 5.75 Å². The summed E-state index contributed by atoms with van der Waals surface area (Å²) < 4.78 is 34.4. The quantitative estimate of drug-likeness (QED) is 0.711. The van der Waals surface area contributed by atoms with E-state index in [0.29, 0.717) is 11.4 Å². The van der Waals surface area contributed by atoms with Gasteiger partial charge < -0.3 is 10.1 Å². The highest BCUT2D eigenvalue weighted by Crippen LogP contribution is 2.38. The molecule has 0 bridgehead atoms. The Bertz CT molecular complexity index is 1100. The predicted molar refractivity (Wildman–Crippen MR) is 128 cm³/mol. The number of carbonyl (C=O) groups is 1. The molecular weight excluding hydrogens is 424 g/mol. The Morgan fingerprint density at radius 1 is 1.03 bits per heavy atom. The third-order valence-electron chi connectivity index (χ3n) is 5.32. The average Bonchev–Trinajstić information content (AvgIpc) is 2.64. The number of fused-ring (bicyclic) bond motifs is 1. The van der Waals surface area contributed by atoms with Crippen LogP contribution in [0.3, 0.4) is 0 Å². The summed E-state index contributed by atoms with van der Waals surface area (Å²) in [6, 6.07) is 12.1. The van der Waals surface area contributed by atoms with E-state index in [2.05, 4.69) is 26.1 Å². The molecule has 7 heteroatoms. The molecule has 3 rings (SSSR count). The van der Waals surface area contributed by atoms with E-state index in [1.165, 1.54) is 4.31 Å². The molecule has 1 amide bonds. The van der Waals surface area contributed by atoms with Crippen molar-refractivity contribution in [3.63, 3.8) is 0 Å². The predicted octanol–water partition coefficient (Wildman–Crippen LogP) is 4.59. The molecule has 0 fully saturated rings. The van der Waals surface area contributed by atoms with E-state index >= 15 is 0 Å². The zero-order valence-corrected chi connectivity index (χ0v) is 20.8. The molecule has 0 saturated carbocycles. The lowest BCUT2D eigenvalue weighted by atomic mass is 9.81. The molecule has 1 heterocycles. The van der Waals surface area contributed by atoms with Gasteiger partial charge >= 0.3 is 0 Å². The SMILES string of the molecule is Cc1ccc(S(=O)(=O)N2C[C@@H](C(=O)NC(C)(C)CC(C)(C)C)Oc3cc(C)ccc32)cc1. The number of anilines is 1. The maximum atomic E-state index is 13.5. The minimum atomic E-state index is -3.87. The average molecular weight is 459 g/mol. The summed E-state index contributed by atoms with van der Waals surface area (Å²) in [5.74, 6) is 0.0660. The number of amides is 1. The highest BCUT2D eigenvalue weighted by atomic mass is 32.2. The van der Waals surface area contributed by atoms with Crippen molar-refractivity contribution in [1.82, 2.24) is 5.32 Å². The molecular formula is C25H34N2O4S. The molecule has 6 nitrogen and oxygen atoms in total. The second kappa shape index (κ2) is 8.43. The van der Waals surface area contributed by atoms with Crippen LogP contribution in [-0.2, 0) is 14.8 Å². The molecule has 0 aliphatic carbocycles. The lowest BCUT2D eigenvalue weighted by Crippen LogP contribution is -2.55. The van der Waals surface area contributed by atoms with Crippen LogP contribution in [0.5, 0.6) is 5.75 Å². The second-order valence-corrected chi connectivity index (χ2v) is 12.4. The van der Waals surface area contributed by atoms with E-state index in [1.54, 1.807) is 36.4 Å². The number of benzene rings is 2. The zero-order chi connectivity index (χ0) is 23.9. The number of hydrogen-bond acceptors (Lipinski definition) is 4. The fraction of sp³-hybridized carbons (Fsp3) is 0.480. The Kier molecular flexibility index (Phi) is 6.35. The number of aryl methyl sites for hydroxylation is 2. The van der Waals surface area contributed by atoms with Crippen LogP contribution >= 0.6 is 0 Å². The Morgan fingerprint density at radius 2 is 1.62 bits per heavy atom. The monoisotopic (exact) mass is 458 g/mol. The lowest BCUT2D eigenvalue weighted by molar-refractivity contribution is -0.129. The van der Waals surface area contributed by atoms with Gasteiger partial charge in [0.1, 0.15) is 5.75 Å². The van der Waals surface area contributed by atoms with Gasteiger partial charge in [-0.25, -0.2) is 8.42 Å². The molecule has 2 aromatic carbocycles. The molecule has 1 aliphatic heterocycles. The zero-order valence-electron chi connectivity index (χ0n) is 20.0. The van der Waals surface area contributed by atoms with Gasteiger partial charge in [-0.3, -0.25) is 9.10 Å². The van der Waals surface area contributed by atoms with E-state index in [1.807, 2.05) is 33.8 Å². The fourth-order valence-electron chi connectivity index (χ4n) is 4.35. The van der Waals surface area contributed by atoms with Crippen molar-refractivity contribution in [1.29, 1.82) is 0 Å². The molecule has 0 unspecified atom stereocenters. The molecule has 0 aromatic heterocycles. The van der Waals surface area contributed by atoms with Gasteiger partial charge in [0.15, 0.2) is 6.10 Å². The number of sulfonamides is 1. The third kappa shape index (κ3) is 5.44. The van der Waals surface area contributed by atoms with Crippen molar-refractivity contribution in [2.24, 2.45) is 5.41 Å². The Labute approximate surface area is 192 Å². The van der Waals surface area contributed by atoms with Crippen molar-refractivity contribution in [2.75, 3.05) is 10.8 Å². The minimum absolute atomic E-state index is 0.0225. The normalized spacial score (nSPS) is 16.8.